The summed E-state index contributed by atoms with van der Waals surface area (Å²) in [5.41, 5.74) is 1.85. The van der Waals surface area contributed by atoms with Crippen LogP contribution in [0.2, 0.25) is 0 Å². The average molecular weight is 365 g/mol. The largest absolute Gasteiger partial charge is 0.466 e. The van der Waals surface area contributed by atoms with Gasteiger partial charge < -0.3 is 4.74 Å². The predicted molar refractivity (Wildman–Crippen MR) is 101 cm³/mol. The fraction of sp³-hybridized carbons (Fsp3) is 0.318. The van der Waals surface area contributed by atoms with Crippen molar-refractivity contribution in [3.05, 3.63) is 71.3 Å². The van der Waals surface area contributed by atoms with Gasteiger partial charge in [0.15, 0.2) is 0 Å². The molecule has 3 rings (SSSR count). The molecular formula is C22H23NO4. The summed E-state index contributed by atoms with van der Waals surface area (Å²) in [5.74, 6) is -1.32. The molecule has 140 valence electrons. The lowest BCUT2D eigenvalue weighted by Gasteiger charge is -2.28. The molecule has 0 bridgehead atoms. The standard InChI is InChI=1S/C22H23NO4/c1-3-27-22(26)15(2)13-17(14-16-9-5-4-6-10-16)23-20(24)18-11-7-8-12-19(18)21(23)25/h4-12,15,17H,3,13-14H2,1-2H3/t15-,17-/m1/s1. The third-order valence-electron chi connectivity index (χ3n) is 4.82. The molecule has 0 aliphatic carbocycles. The van der Waals surface area contributed by atoms with Crippen LogP contribution in [0.15, 0.2) is 54.6 Å². The first-order chi connectivity index (χ1) is 13.0. The Morgan fingerprint density at radius 1 is 0.963 bits per heavy atom. The van der Waals surface area contributed by atoms with Crippen LogP contribution in [0.4, 0.5) is 0 Å². The van der Waals surface area contributed by atoms with Gasteiger partial charge in [0.25, 0.3) is 11.8 Å². The summed E-state index contributed by atoms with van der Waals surface area (Å²) >= 11 is 0. The predicted octanol–water partition coefficient (Wildman–Crippen LogP) is 3.48. The number of fused-ring (bicyclic) bond motifs is 1. The molecule has 0 aromatic heterocycles. The first-order valence-electron chi connectivity index (χ1n) is 9.20. The van der Waals surface area contributed by atoms with Crippen molar-refractivity contribution in [1.29, 1.82) is 0 Å². The van der Waals surface area contributed by atoms with Crippen LogP contribution in [0.1, 0.15) is 46.5 Å². The molecule has 0 spiro atoms. The number of rotatable bonds is 7. The van der Waals surface area contributed by atoms with E-state index in [-0.39, 0.29) is 17.8 Å². The van der Waals surface area contributed by atoms with E-state index < -0.39 is 12.0 Å². The summed E-state index contributed by atoms with van der Waals surface area (Å²) in [4.78, 5) is 39.2. The molecular weight excluding hydrogens is 342 g/mol. The highest BCUT2D eigenvalue weighted by molar-refractivity contribution is 6.21. The molecule has 0 unspecified atom stereocenters. The van der Waals surface area contributed by atoms with E-state index in [9.17, 15) is 14.4 Å². The second-order valence-electron chi connectivity index (χ2n) is 6.76. The fourth-order valence-electron chi connectivity index (χ4n) is 3.49. The molecule has 1 aliphatic heterocycles. The lowest BCUT2D eigenvalue weighted by molar-refractivity contribution is -0.148. The molecule has 0 saturated carbocycles. The molecule has 2 aromatic rings. The van der Waals surface area contributed by atoms with Gasteiger partial charge in [0.2, 0.25) is 0 Å². The van der Waals surface area contributed by atoms with E-state index in [1.807, 2.05) is 30.3 Å². The molecule has 2 aromatic carbocycles. The summed E-state index contributed by atoms with van der Waals surface area (Å²) in [6.45, 7) is 3.84. The van der Waals surface area contributed by atoms with Gasteiger partial charge in [0.05, 0.1) is 23.7 Å². The smallest absolute Gasteiger partial charge is 0.308 e. The minimum absolute atomic E-state index is 0.299. The molecule has 0 fully saturated rings. The Hall–Kier alpha value is -2.95. The minimum Gasteiger partial charge on any atom is -0.466 e. The highest BCUT2D eigenvalue weighted by atomic mass is 16.5. The summed E-state index contributed by atoms with van der Waals surface area (Å²) in [5, 5.41) is 0. The van der Waals surface area contributed by atoms with Crippen molar-refractivity contribution < 1.29 is 19.1 Å². The van der Waals surface area contributed by atoms with Crippen LogP contribution in [-0.4, -0.2) is 35.3 Å². The van der Waals surface area contributed by atoms with Crippen molar-refractivity contribution in [2.24, 2.45) is 5.92 Å². The Labute approximate surface area is 158 Å². The van der Waals surface area contributed by atoms with Gasteiger partial charge in [-0.2, -0.15) is 0 Å². The Bertz CT molecular complexity index is 811. The molecule has 2 amide bonds. The topological polar surface area (TPSA) is 63.7 Å². The Kier molecular flexibility index (Phi) is 5.69. The maximum Gasteiger partial charge on any atom is 0.308 e. The van der Waals surface area contributed by atoms with Crippen LogP contribution >= 0.6 is 0 Å². The molecule has 0 radical (unpaired) electrons. The van der Waals surface area contributed by atoms with Gasteiger partial charge in [-0.15, -0.1) is 0 Å². The third-order valence-corrected chi connectivity index (χ3v) is 4.82. The summed E-state index contributed by atoms with van der Waals surface area (Å²) in [6, 6.07) is 16.1. The molecule has 1 heterocycles. The number of amides is 2. The maximum atomic E-state index is 12.9. The van der Waals surface area contributed by atoms with Gasteiger partial charge in [0.1, 0.15) is 0 Å². The van der Waals surface area contributed by atoms with Gasteiger partial charge in [-0.25, -0.2) is 0 Å². The summed E-state index contributed by atoms with van der Waals surface area (Å²) in [6.07, 6.45) is 0.856. The molecule has 0 saturated heterocycles. The molecule has 0 N–H and O–H groups in total. The number of imide groups is 1. The number of ether oxygens (including phenoxy) is 1. The second-order valence-corrected chi connectivity index (χ2v) is 6.76. The van der Waals surface area contributed by atoms with E-state index in [0.717, 1.165) is 5.56 Å². The number of hydrogen-bond acceptors (Lipinski definition) is 4. The van der Waals surface area contributed by atoms with E-state index >= 15 is 0 Å². The van der Waals surface area contributed by atoms with Crippen molar-refractivity contribution in [3.8, 4) is 0 Å². The third kappa shape index (κ3) is 3.92. The van der Waals surface area contributed by atoms with Gasteiger partial charge in [-0.3, -0.25) is 19.3 Å². The quantitative estimate of drug-likeness (QED) is 0.557. The number of benzene rings is 2. The van der Waals surface area contributed by atoms with E-state index in [1.54, 1.807) is 38.1 Å². The average Bonchev–Trinajstić information content (AvgIpc) is 2.93. The van der Waals surface area contributed by atoms with Gasteiger partial charge in [0, 0.05) is 6.04 Å². The fourth-order valence-corrected chi connectivity index (χ4v) is 3.49. The first-order valence-corrected chi connectivity index (χ1v) is 9.20. The van der Waals surface area contributed by atoms with Crippen LogP contribution < -0.4 is 0 Å². The molecule has 5 heteroatoms. The molecule has 2 atom stereocenters. The lowest BCUT2D eigenvalue weighted by atomic mass is 9.95. The monoisotopic (exact) mass is 365 g/mol. The number of hydrogen-bond donors (Lipinski definition) is 0. The van der Waals surface area contributed by atoms with Crippen molar-refractivity contribution in [2.45, 2.75) is 32.7 Å². The molecule has 5 nitrogen and oxygen atoms in total. The normalized spacial score (nSPS) is 15.4. The van der Waals surface area contributed by atoms with E-state index in [0.29, 0.717) is 30.6 Å². The van der Waals surface area contributed by atoms with Gasteiger partial charge >= 0.3 is 5.97 Å². The highest BCUT2D eigenvalue weighted by Gasteiger charge is 2.40. The Balaban J connectivity index is 1.89. The lowest BCUT2D eigenvalue weighted by Crippen LogP contribution is -2.43. The van der Waals surface area contributed by atoms with E-state index in [1.165, 1.54) is 4.90 Å². The van der Waals surface area contributed by atoms with Crippen LogP contribution in [0.3, 0.4) is 0 Å². The summed E-state index contributed by atoms with van der Waals surface area (Å²) < 4.78 is 5.11. The van der Waals surface area contributed by atoms with Crippen LogP contribution in [0.25, 0.3) is 0 Å². The zero-order chi connectivity index (χ0) is 19.4. The highest BCUT2D eigenvalue weighted by Crippen LogP contribution is 2.28. The number of carbonyl (C=O) groups excluding carboxylic acids is 3. The zero-order valence-corrected chi connectivity index (χ0v) is 15.6. The van der Waals surface area contributed by atoms with Crippen molar-refractivity contribution in [2.75, 3.05) is 6.61 Å². The first kappa shape index (κ1) is 18.8. The van der Waals surface area contributed by atoms with Crippen LogP contribution in [0, 0.1) is 5.92 Å². The van der Waals surface area contributed by atoms with Crippen molar-refractivity contribution in [1.82, 2.24) is 4.90 Å². The molecule has 1 aliphatic rings. The summed E-state index contributed by atoms with van der Waals surface area (Å²) in [7, 11) is 0. The van der Waals surface area contributed by atoms with Crippen molar-refractivity contribution in [3.63, 3.8) is 0 Å². The van der Waals surface area contributed by atoms with Crippen LogP contribution in [-0.2, 0) is 16.0 Å². The number of nitrogens with zero attached hydrogens (tertiary/aromatic N) is 1. The van der Waals surface area contributed by atoms with Gasteiger partial charge in [-0.05, 0) is 37.5 Å². The van der Waals surface area contributed by atoms with E-state index in [2.05, 4.69) is 0 Å². The maximum absolute atomic E-state index is 12.9. The number of esters is 1. The SMILES string of the molecule is CCOC(=O)[C@H](C)C[C@H](Cc1ccccc1)N1C(=O)c2ccccc2C1=O. The zero-order valence-electron chi connectivity index (χ0n) is 15.6. The van der Waals surface area contributed by atoms with Crippen molar-refractivity contribution >= 4 is 17.8 Å². The Morgan fingerprint density at radius 2 is 1.52 bits per heavy atom. The number of carbonyl (C=O) groups is 3. The Morgan fingerprint density at radius 3 is 2.07 bits per heavy atom. The van der Waals surface area contributed by atoms with Crippen LogP contribution in [0.5, 0.6) is 0 Å². The van der Waals surface area contributed by atoms with Gasteiger partial charge in [-0.1, -0.05) is 49.4 Å². The second kappa shape index (κ2) is 8.16. The minimum atomic E-state index is -0.417. The molecule has 27 heavy (non-hydrogen) atoms. The van der Waals surface area contributed by atoms with E-state index in [4.69, 9.17) is 4.74 Å².